The first-order chi connectivity index (χ1) is 12.1. The van der Waals surface area contributed by atoms with E-state index in [4.69, 9.17) is 4.74 Å². The molecule has 0 bridgehead atoms. The normalized spacial score (nSPS) is 19.1. The van der Waals surface area contributed by atoms with Crippen LogP contribution in [0.25, 0.3) is 5.65 Å². The molecule has 2 aliphatic heterocycles. The van der Waals surface area contributed by atoms with E-state index in [1.807, 2.05) is 24.0 Å². The molecule has 0 aliphatic carbocycles. The Balaban J connectivity index is 1.30. The van der Waals surface area contributed by atoms with Crippen molar-refractivity contribution in [1.29, 1.82) is 0 Å². The Kier molecular flexibility index (Phi) is 4.26. The van der Waals surface area contributed by atoms with Crippen molar-refractivity contribution < 1.29 is 9.53 Å². The average molecular weight is 345 g/mol. The van der Waals surface area contributed by atoms with Crippen LogP contribution in [0.5, 0.6) is 0 Å². The van der Waals surface area contributed by atoms with Crippen LogP contribution in [-0.4, -0.2) is 94.5 Å². The largest absolute Gasteiger partial charge is 0.370 e. The van der Waals surface area contributed by atoms with Gasteiger partial charge in [0.1, 0.15) is 12.4 Å². The monoisotopic (exact) mass is 345 g/mol. The van der Waals surface area contributed by atoms with Crippen molar-refractivity contribution in [3.8, 4) is 0 Å². The molecular weight excluding hydrogens is 322 g/mol. The van der Waals surface area contributed by atoms with Crippen LogP contribution in [0.4, 0.5) is 5.82 Å². The predicted octanol–water partition coefficient (Wildman–Crippen LogP) is -0.588. The summed E-state index contributed by atoms with van der Waals surface area (Å²) in [7, 11) is 2.12. The van der Waals surface area contributed by atoms with Crippen LogP contribution in [0.1, 0.15) is 5.82 Å². The van der Waals surface area contributed by atoms with Crippen molar-refractivity contribution in [3.05, 3.63) is 18.0 Å². The number of aryl methyl sites for hydroxylation is 1. The van der Waals surface area contributed by atoms with E-state index in [0.29, 0.717) is 19.2 Å². The number of anilines is 1. The minimum atomic E-state index is 0.0942. The first-order valence-electron chi connectivity index (χ1n) is 8.61. The summed E-state index contributed by atoms with van der Waals surface area (Å²) in [5.41, 5.74) is 0.769. The van der Waals surface area contributed by atoms with E-state index in [1.165, 1.54) is 0 Å². The van der Waals surface area contributed by atoms with Gasteiger partial charge in [0.15, 0.2) is 11.5 Å². The van der Waals surface area contributed by atoms with Crippen molar-refractivity contribution >= 4 is 17.4 Å². The molecule has 1 amide bonds. The molecule has 2 fully saturated rings. The minimum absolute atomic E-state index is 0.0942. The number of hydrogen-bond donors (Lipinski definition) is 0. The predicted molar refractivity (Wildman–Crippen MR) is 91.5 cm³/mol. The van der Waals surface area contributed by atoms with Crippen molar-refractivity contribution in [2.75, 3.05) is 57.9 Å². The summed E-state index contributed by atoms with van der Waals surface area (Å²) in [5.74, 6) is 1.83. The highest BCUT2D eigenvalue weighted by atomic mass is 16.5. The minimum Gasteiger partial charge on any atom is -0.370 e. The summed E-state index contributed by atoms with van der Waals surface area (Å²) < 4.78 is 6.94. The lowest BCUT2D eigenvalue weighted by atomic mass is 10.1. The molecule has 0 spiro atoms. The van der Waals surface area contributed by atoms with Gasteiger partial charge < -0.3 is 14.5 Å². The SMILES string of the molecule is Cc1nnc2ccc(N3CC(N(C)CCN4CCOCC4=O)C3)nn12. The van der Waals surface area contributed by atoms with Gasteiger partial charge >= 0.3 is 0 Å². The summed E-state index contributed by atoms with van der Waals surface area (Å²) in [5, 5.41) is 12.7. The second kappa shape index (κ2) is 6.57. The van der Waals surface area contributed by atoms with E-state index in [1.54, 1.807) is 4.52 Å². The zero-order valence-electron chi connectivity index (χ0n) is 14.6. The molecule has 9 nitrogen and oxygen atoms in total. The number of ether oxygens (including phenoxy) is 1. The number of nitrogens with zero attached hydrogens (tertiary/aromatic N) is 7. The van der Waals surface area contributed by atoms with Crippen molar-refractivity contribution in [1.82, 2.24) is 29.6 Å². The number of carbonyl (C=O) groups is 1. The fraction of sp³-hybridized carbons (Fsp3) is 0.625. The van der Waals surface area contributed by atoms with Gasteiger partial charge in [-0.15, -0.1) is 15.3 Å². The van der Waals surface area contributed by atoms with E-state index >= 15 is 0 Å². The van der Waals surface area contributed by atoms with Crippen LogP contribution < -0.4 is 4.90 Å². The average Bonchev–Trinajstić information content (AvgIpc) is 2.94. The van der Waals surface area contributed by atoms with Gasteiger partial charge in [0.05, 0.1) is 6.61 Å². The number of fused-ring (bicyclic) bond motifs is 1. The summed E-state index contributed by atoms with van der Waals surface area (Å²) in [4.78, 5) is 18.2. The third kappa shape index (κ3) is 3.16. The quantitative estimate of drug-likeness (QED) is 0.717. The second-order valence-corrected chi connectivity index (χ2v) is 6.68. The number of amides is 1. The molecule has 0 N–H and O–H groups in total. The molecule has 9 heteroatoms. The van der Waals surface area contributed by atoms with E-state index in [0.717, 1.165) is 43.5 Å². The number of morpholine rings is 1. The number of hydrogen-bond acceptors (Lipinski definition) is 7. The molecule has 2 aromatic rings. The van der Waals surface area contributed by atoms with E-state index in [-0.39, 0.29) is 12.5 Å². The smallest absolute Gasteiger partial charge is 0.248 e. The maximum Gasteiger partial charge on any atom is 0.248 e. The molecule has 4 heterocycles. The summed E-state index contributed by atoms with van der Waals surface area (Å²) in [6.07, 6.45) is 0. The lowest BCUT2D eigenvalue weighted by Crippen LogP contribution is -2.60. The van der Waals surface area contributed by atoms with Crippen molar-refractivity contribution in [2.45, 2.75) is 13.0 Å². The lowest BCUT2D eigenvalue weighted by molar-refractivity contribution is -0.142. The van der Waals surface area contributed by atoms with Gasteiger partial charge in [0, 0.05) is 38.8 Å². The zero-order chi connectivity index (χ0) is 17.4. The first-order valence-corrected chi connectivity index (χ1v) is 8.61. The molecule has 2 aliphatic rings. The van der Waals surface area contributed by atoms with Gasteiger partial charge in [-0.25, -0.2) is 0 Å². The van der Waals surface area contributed by atoms with Crippen LogP contribution in [0.15, 0.2) is 12.1 Å². The third-order valence-corrected chi connectivity index (χ3v) is 5.02. The van der Waals surface area contributed by atoms with Gasteiger partial charge in [-0.3, -0.25) is 9.69 Å². The fourth-order valence-electron chi connectivity index (χ4n) is 3.22. The summed E-state index contributed by atoms with van der Waals surface area (Å²) in [6.45, 7) is 6.98. The highest BCUT2D eigenvalue weighted by Gasteiger charge is 2.31. The van der Waals surface area contributed by atoms with Gasteiger partial charge in [-0.05, 0) is 26.1 Å². The number of carbonyl (C=O) groups excluding carboxylic acids is 1. The maximum atomic E-state index is 11.8. The first kappa shape index (κ1) is 16.2. The van der Waals surface area contributed by atoms with E-state index in [2.05, 4.69) is 32.1 Å². The molecule has 4 rings (SSSR count). The van der Waals surface area contributed by atoms with Crippen LogP contribution in [0.2, 0.25) is 0 Å². The van der Waals surface area contributed by atoms with E-state index in [9.17, 15) is 4.79 Å². The number of rotatable bonds is 5. The molecule has 0 aromatic carbocycles. The van der Waals surface area contributed by atoms with Gasteiger partial charge in [0.2, 0.25) is 5.91 Å². The molecule has 0 radical (unpaired) electrons. The highest BCUT2D eigenvalue weighted by molar-refractivity contribution is 5.77. The van der Waals surface area contributed by atoms with Crippen LogP contribution >= 0.6 is 0 Å². The molecular formula is C16H23N7O2. The highest BCUT2D eigenvalue weighted by Crippen LogP contribution is 2.21. The summed E-state index contributed by atoms with van der Waals surface area (Å²) in [6, 6.07) is 4.42. The Morgan fingerprint density at radius 2 is 2.16 bits per heavy atom. The molecule has 134 valence electrons. The third-order valence-electron chi connectivity index (χ3n) is 5.02. The Morgan fingerprint density at radius 3 is 2.96 bits per heavy atom. The lowest BCUT2D eigenvalue weighted by Gasteiger charge is -2.45. The van der Waals surface area contributed by atoms with E-state index < -0.39 is 0 Å². The fourth-order valence-corrected chi connectivity index (χ4v) is 3.22. The zero-order valence-corrected chi connectivity index (χ0v) is 14.6. The Hall–Kier alpha value is -2.26. The second-order valence-electron chi connectivity index (χ2n) is 6.68. The van der Waals surface area contributed by atoms with Gasteiger partial charge in [-0.1, -0.05) is 0 Å². The number of likely N-dealkylation sites (N-methyl/N-ethyl adjacent to an activating group) is 1. The Labute approximate surface area is 146 Å². The summed E-state index contributed by atoms with van der Waals surface area (Å²) >= 11 is 0. The maximum absolute atomic E-state index is 11.8. The van der Waals surface area contributed by atoms with Crippen molar-refractivity contribution in [3.63, 3.8) is 0 Å². The van der Waals surface area contributed by atoms with Crippen LogP contribution in [-0.2, 0) is 9.53 Å². The molecule has 25 heavy (non-hydrogen) atoms. The topological polar surface area (TPSA) is 79.1 Å². The molecule has 0 unspecified atom stereocenters. The molecule has 0 saturated carbocycles. The Morgan fingerprint density at radius 1 is 1.32 bits per heavy atom. The van der Waals surface area contributed by atoms with Crippen LogP contribution in [0, 0.1) is 6.92 Å². The van der Waals surface area contributed by atoms with Crippen LogP contribution in [0.3, 0.4) is 0 Å². The standard InChI is InChI=1S/C16H23N7O2/c1-12-17-18-14-3-4-15(19-23(12)14)22-9-13(10-22)20(2)5-6-21-7-8-25-11-16(21)24/h3-4,13H,5-11H2,1-2H3. The van der Waals surface area contributed by atoms with Crippen molar-refractivity contribution in [2.24, 2.45) is 0 Å². The van der Waals surface area contributed by atoms with Gasteiger partial charge in [-0.2, -0.15) is 4.52 Å². The molecule has 0 atom stereocenters. The molecule has 2 saturated heterocycles. The molecule has 2 aromatic heterocycles. The number of aromatic nitrogens is 4. The van der Waals surface area contributed by atoms with Gasteiger partial charge in [0.25, 0.3) is 0 Å². The Bertz CT molecular complexity index is 771.